The van der Waals surface area contributed by atoms with Gasteiger partial charge in [-0.1, -0.05) is 18.2 Å². The Morgan fingerprint density at radius 3 is 2.37 bits per heavy atom. The van der Waals surface area contributed by atoms with Gasteiger partial charge in [-0.15, -0.1) is 0 Å². The summed E-state index contributed by atoms with van der Waals surface area (Å²) in [5, 5.41) is 0. The van der Waals surface area contributed by atoms with Gasteiger partial charge in [0.15, 0.2) is 0 Å². The lowest BCUT2D eigenvalue weighted by Gasteiger charge is -2.34. The molecule has 0 bridgehead atoms. The second kappa shape index (κ2) is 15.9. The molecular weight excluding hydrogens is 484 g/mol. The Morgan fingerprint density at radius 1 is 0.974 bits per heavy atom. The van der Waals surface area contributed by atoms with E-state index in [0.29, 0.717) is 38.5 Å². The van der Waals surface area contributed by atoms with Crippen LogP contribution >= 0.6 is 0 Å². The summed E-state index contributed by atoms with van der Waals surface area (Å²) < 4.78 is 28.6. The van der Waals surface area contributed by atoms with Crippen molar-refractivity contribution < 1.29 is 28.5 Å². The number of methoxy groups -OCH3 is 4. The van der Waals surface area contributed by atoms with Crippen molar-refractivity contribution in [3.63, 3.8) is 0 Å². The van der Waals surface area contributed by atoms with E-state index >= 15 is 0 Å². The molecule has 8 nitrogen and oxygen atoms in total. The van der Waals surface area contributed by atoms with Gasteiger partial charge >= 0.3 is 0 Å². The Morgan fingerprint density at radius 2 is 1.71 bits per heavy atom. The van der Waals surface area contributed by atoms with E-state index in [9.17, 15) is 4.79 Å². The van der Waals surface area contributed by atoms with Crippen molar-refractivity contribution in [2.75, 3.05) is 61.3 Å². The predicted molar refractivity (Wildman–Crippen MR) is 146 cm³/mol. The number of carbonyl (C=O) groups is 1. The average Bonchev–Trinajstić information content (AvgIpc) is 2.98. The number of amides is 1. The number of morpholine rings is 1. The Bertz CT molecular complexity index is 953. The van der Waals surface area contributed by atoms with Gasteiger partial charge in [0.05, 0.1) is 31.0 Å². The second-order valence-corrected chi connectivity index (χ2v) is 9.83. The third kappa shape index (κ3) is 8.58. The molecule has 3 atom stereocenters. The number of ether oxygens (including phenoxy) is 5. The van der Waals surface area contributed by atoms with Crippen LogP contribution in [0.2, 0.25) is 0 Å². The zero-order chi connectivity index (χ0) is 27.2. The molecule has 1 amide bonds. The first-order valence-electron chi connectivity index (χ1n) is 13.5. The molecule has 38 heavy (non-hydrogen) atoms. The summed E-state index contributed by atoms with van der Waals surface area (Å²) in [5.41, 5.74) is 2.44. The van der Waals surface area contributed by atoms with E-state index in [1.54, 1.807) is 34.6 Å². The molecule has 0 N–H and O–H groups in total. The van der Waals surface area contributed by atoms with Crippen LogP contribution in [0.25, 0.3) is 0 Å². The molecular formula is C30H44N2O6. The summed E-state index contributed by atoms with van der Waals surface area (Å²) in [5.74, 6) is 0.0456. The summed E-state index contributed by atoms with van der Waals surface area (Å²) in [6, 6.07) is 11.8. The van der Waals surface area contributed by atoms with Crippen molar-refractivity contribution in [2.45, 2.75) is 56.3 Å². The van der Waals surface area contributed by atoms with E-state index in [-0.39, 0.29) is 23.7 Å². The van der Waals surface area contributed by atoms with Gasteiger partial charge in [-0.05, 0) is 67.9 Å². The van der Waals surface area contributed by atoms with Crippen LogP contribution in [0.3, 0.4) is 0 Å². The van der Waals surface area contributed by atoms with Gasteiger partial charge in [0, 0.05) is 66.1 Å². The fourth-order valence-electron chi connectivity index (χ4n) is 5.20. The number of hydrogen-bond donors (Lipinski definition) is 0. The molecule has 1 aromatic carbocycles. The number of aromatic nitrogens is 1. The molecule has 1 aliphatic heterocycles. The summed E-state index contributed by atoms with van der Waals surface area (Å²) in [6.45, 7) is 3.05. The molecule has 1 aliphatic rings. The van der Waals surface area contributed by atoms with E-state index in [2.05, 4.69) is 4.98 Å². The maximum absolute atomic E-state index is 13.0. The standard InChI is InChI=1S/C30H44N2O6/c1-34-19-15-30(37-4,14-12-28(36-3)26-10-7-16-31-23-26)13-6-11-27(35-2)24-8-5-9-25(22-24)29(33)32-17-20-38-21-18-32/h5,7-10,16,22-23,27-28H,6,11-15,17-21H2,1-4H3. The highest BCUT2D eigenvalue weighted by molar-refractivity contribution is 5.94. The molecule has 0 aliphatic carbocycles. The third-order valence-electron chi connectivity index (χ3n) is 7.58. The smallest absolute Gasteiger partial charge is 0.254 e. The van der Waals surface area contributed by atoms with Crippen molar-refractivity contribution in [3.05, 3.63) is 65.5 Å². The first-order chi connectivity index (χ1) is 18.6. The molecule has 8 heteroatoms. The van der Waals surface area contributed by atoms with Crippen LogP contribution in [0.15, 0.2) is 48.8 Å². The lowest BCUT2D eigenvalue weighted by molar-refractivity contribution is -0.0588. The number of rotatable bonds is 16. The van der Waals surface area contributed by atoms with E-state index in [0.717, 1.165) is 49.7 Å². The fraction of sp³-hybridized carbons (Fsp3) is 0.600. The first-order valence-corrected chi connectivity index (χ1v) is 13.5. The lowest BCUT2D eigenvalue weighted by atomic mass is 9.85. The maximum Gasteiger partial charge on any atom is 0.254 e. The average molecular weight is 529 g/mol. The summed E-state index contributed by atoms with van der Waals surface area (Å²) in [6.07, 6.45) is 8.52. The molecule has 1 saturated heterocycles. The third-order valence-corrected chi connectivity index (χ3v) is 7.58. The molecule has 3 rings (SSSR count). The Labute approximate surface area is 227 Å². The molecule has 210 valence electrons. The monoisotopic (exact) mass is 528 g/mol. The number of benzene rings is 1. The highest BCUT2D eigenvalue weighted by Gasteiger charge is 2.31. The zero-order valence-corrected chi connectivity index (χ0v) is 23.4. The Balaban J connectivity index is 1.63. The van der Waals surface area contributed by atoms with Crippen molar-refractivity contribution in [1.29, 1.82) is 0 Å². The van der Waals surface area contributed by atoms with Crippen LogP contribution in [0.1, 0.15) is 72.2 Å². The van der Waals surface area contributed by atoms with E-state index in [1.807, 2.05) is 47.5 Å². The van der Waals surface area contributed by atoms with Crippen LogP contribution in [0.4, 0.5) is 0 Å². The van der Waals surface area contributed by atoms with Crippen LogP contribution in [0, 0.1) is 0 Å². The normalized spacial score (nSPS) is 17.1. The van der Waals surface area contributed by atoms with Crippen LogP contribution in [0.5, 0.6) is 0 Å². The molecule has 1 fully saturated rings. The summed E-state index contributed by atoms with van der Waals surface area (Å²) in [4.78, 5) is 19.1. The summed E-state index contributed by atoms with van der Waals surface area (Å²) in [7, 11) is 6.98. The van der Waals surface area contributed by atoms with Crippen molar-refractivity contribution in [3.8, 4) is 0 Å². The van der Waals surface area contributed by atoms with E-state index < -0.39 is 0 Å². The highest BCUT2D eigenvalue weighted by Crippen LogP contribution is 2.35. The molecule has 0 radical (unpaired) electrons. The SMILES string of the molecule is COCCC(CCCC(OC)c1cccc(C(=O)N2CCOCC2)c1)(CCC(OC)c1cccnc1)OC. The van der Waals surface area contributed by atoms with Gasteiger partial charge < -0.3 is 28.6 Å². The molecule has 2 heterocycles. The number of carbonyl (C=O) groups excluding carboxylic acids is 1. The largest absolute Gasteiger partial charge is 0.385 e. The maximum atomic E-state index is 13.0. The van der Waals surface area contributed by atoms with Crippen molar-refractivity contribution >= 4 is 5.91 Å². The van der Waals surface area contributed by atoms with Crippen molar-refractivity contribution in [1.82, 2.24) is 9.88 Å². The number of nitrogens with zero attached hydrogens (tertiary/aromatic N) is 2. The lowest BCUT2D eigenvalue weighted by Crippen LogP contribution is -2.40. The Hall–Kier alpha value is -2.36. The predicted octanol–water partition coefficient (Wildman–Crippen LogP) is 5.00. The number of hydrogen-bond acceptors (Lipinski definition) is 7. The first kappa shape index (κ1) is 30.2. The molecule has 2 aromatic rings. The van der Waals surface area contributed by atoms with Gasteiger partial charge in [-0.3, -0.25) is 9.78 Å². The second-order valence-electron chi connectivity index (χ2n) is 9.83. The van der Waals surface area contributed by atoms with Gasteiger partial charge in [0.1, 0.15) is 0 Å². The van der Waals surface area contributed by atoms with Crippen LogP contribution < -0.4 is 0 Å². The molecule has 0 spiro atoms. The van der Waals surface area contributed by atoms with Crippen LogP contribution in [-0.2, 0) is 23.7 Å². The molecule has 0 saturated carbocycles. The molecule has 1 aromatic heterocycles. The summed E-state index contributed by atoms with van der Waals surface area (Å²) >= 11 is 0. The van der Waals surface area contributed by atoms with Crippen LogP contribution in [-0.4, -0.2) is 82.7 Å². The zero-order valence-electron chi connectivity index (χ0n) is 23.4. The van der Waals surface area contributed by atoms with Gasteiger partial charge in [-0.2, -0.15) is 0 Å². The minimum Gasteiger partial charge on any atom is -0.385 e. The van der Waals surface area contributed by atoms with E-state index in [4.69, 9.17) is 23.7 Å². The highest BCUT2D eigenvalue weighted by atomic mass is 16.5. The molecule has 3 unspecified atom stereocenters. The van der Waals surface area contributed by atoms with E-state index in [1.165, 1.54) is 0 Å². The van der Waals surface area contributed by atoms with Gasteiger partial charge in [-0.25, -0.2) is 0 Å². The number of pyridine rings is 1. The van der Waals surface area contributed by atoms with Crippen molar-refractivity contribution in [2.24, 2.45) is 0 Å². The minimum absolute atomic E-state index is 0.0424. The Kier molecular flexibility index (Phi) is 12.6. The van der Waals surface area contributed by atoms with Gasteiger partial charge in [0.2, 0.25) is 0 Å². The topological polar surface area (TPSA) is 79.4 Å². The fourth-order valence-corrected chi connectivity index (χ4v) is 5.20. The quantitative estimate of drug-likeness (QED) is 0.303. The minimum atomic E-state index is -0.332. The van der Waals surface area contributed by atoms with Gasteiger partial charge in [0.25, 0.3) is 5.91 Å².